The standard InChI is InChI=1S/C23H23N3O4S/c1-23(2,3)14-5-6-15-16(10-24)21(31-19(15)9-14)26-20(27)11-29-22(28)13-4-7-18-17(8-13)25-12-30-18/h4,7-8,12,14H,5-6,9,11H2,1-3H3,(H,26,27). The highest BCUT2D eigenvalue weighted by atomic mass is 32.1. The van der Waals surface area contributed by atoms with Gasteiger partial charge < -0.3 is 14.5 Å². The minimum absolute atomic E-state index is 0.196. The second kappa shape index (κ2) is 8.16. The SMILES string of the molecule is CC(C)(C)C1CCc2c(sc(NC(=O)COC(=O)c3ccc4ocnc4c3)c2C#N)C1. The number of benzene rings is 1. The zero-order chi connectivity index (χ0) is 22.2. The number of aromatic nitrogens is 1. The van der Waals surface area contributed by atoms with Crippen molar-refractivity contribution in [2.75, 3.05) is 11.9 Å². The van der Waals surface area contributed by atoms with Crippen LogP contribution in [0.3, 0.4) is 0 Å². The van der Waals surface area contributed by atoms with Gasteiger partial charge in [-0.1, -0.05) is 20.8 Å². The average Bonchev–Trinajstić information content (AvgIpc) is 3.33. The van der Waals surface area contributed by atoms with E-state index in [1.807, 2.05) is 0 Å². The third kappa shape index (κ3) is 4.32. The first-order valence-electron chi connectivity index (χ1n) is 10.1. The van der Waals surface area contributed by atoms with Crippen LogP contribution in [0.5, 0.6) is 0 Å². The van der Waals surface area contributed by atoms with E-state index in [9.17, 15) is 14.9 Å². The number of nitrogens with one attached hydrogen (secondary N) is 1. The Bertz CT molecular complexity index is 1200. The number of fused-ring (bicyclic) bond motifs is 2. The van der Waals surface area contributed by atoms with Gasteiger partial charge in [0.2, 0.25) is 0 Å². The molecule has 0 saturated carbocycles. The highest BCUT2D eigenvalue weighted by Gasteiger charge is 2.32. The molecule has 31 heavy (non-hydrogen) atoms. The fraction of sp³-hybridized carbons (Fsp3) is 0.391. The van der Waals surface area contributed by atoms with Crippen molar-refractivity contribution in [2.45, 2.75) is 40.0 Å². The summed E-state index contributed by atoms with van der Waals surface area (Å²) in [5, 5.41) is 12.9. The number of rotatable bonds is 4. The number of nitrogens with zero attached hydrogens (tertiary/aromatic N) is 2. The molecule has 1 atom stereocenters. The first kappa shape index (κ1) is 21.1. The zero-order valence-electron chi connectivity index (χ0n) is 17.7. The summed E-state index contributed by atoms with van der Waals surface area (Å²) in [7, 11) is 0. The summed E-state index contributed by atoms with van der Waals surface area (Å²) in [5.41, 5.74) is 3.15. The summed E-state index contributed by atoms with van der Waals surface area (Å²) in [6, 6.07) is 6.97. The van der Waals surface area contributed by atoms with Gasteiger partial charge in [0.15, 0.2) is 18.6 Å². The number of hydrogen-bond acceptors (Lipinski definition) is 7. The molecule has 160 valence electrons. The number of ether oxygens (including phenoxy) is 1. The highest BCUT2D eigenvalue weighted by Crippen LogP contribution is 2.43. The van der Waals surface area contributed by atoms with Crippen molar-refractivity contribution in [3.8, 4) is 6.07 Å². The Morgan fingerprint density at radius 3 is 2.94 bits per heavy atom. The van der Waals surface area contributed by atoms with Crippen LogP contribution < -0.4 is 5.32 Å². The molecule has 1 aliphatic rings. The monoisotopic (exact) mass is 437 g/mol. The van der Waals surface area contributed by atoms with Crippen molar-refractivity contribution in [2.24, 2.45) is 11.3 Å². The van der Waals surface area contributed by atoms with E-state index >= 15 is 0 Å². The molecule has 1 N–H and O–H groups in total. The van der Waals surface area contributed by atoms with Gasteiger partial charge in [-0.25, -0.2) is 9.78 Å². The average molecular weight is 438 g/mol. The van der Waals surface area contributed by atoms with E-state index in [2.05, 4.69) is 37.1 Å². The van der Waals surface area contributed by atoms with Crippen molar-refractivity contribution in [3.05, 3.63) is 46.2 Å². The molecule has 0 aliphatic heterocycles. The van der Waals surface area contributed by atoms with Crippen molar-refractivity contribution in [1.29, 1.82) is 5.26 Å². The number of oxazole rings is 1. The van der Waals surface area contributed by atoms with E-state index in [-0.39, 0.29) is 11.0 Å². The van der Waals surface area contributed by atoms with Gasteiger partial charge in [-0.15, -0.1) is 11.3 Å². The molecular formula is C23H23N3O4S. The third-order valence-electron chi connectivity index (χ3n) is 5.76. The quantitative estimate of drug-likeness (QED) is 0.593. The molecule has 0 fully saturated rings. The number of anilines is 1. The molecule has 1 unspecified atom stereocenters. The van der Waals surface area contributed by atoms with Gasteiger partial charge in [-0.2, -0.15) is 5.26 Å². The number of hydrogen-bond donors (Lipinski definition) is 1. The molecule has 2 heterocycles. The van der Waals surface area contributed by atoms with Crippen LogP contribution in [0.2, 0.25) is 0 Å². The molecule has 1 amide bonds. The summed E-state index contributed by atoms with van der Waals surface area (Å²) in [6.07, 6.45) is 4.08. The van der Waals surface area contributed by atoms with Gasteiger partial charge in [0.05, 0.1) is 11.1 Å². The second-order valence-corrected chi connectivity index (χ2v) is 9.89. The summed E-state index contributed by atoms with van der Waals surface area (Å²) < 4.78 is 10.3. The minimum Gasteiger partial charge on any atom is -0.452 e. The normalized spacial score (nSPS) is 15.9. The van der Waals surface area contributed by atoms with Crippen molar-refractivity contribution in [3.63, 3.8) is 0 Å². The van der Waals surface area contributed by atoms with Crippen LogP contribution in [0.4, 0.5) is 5.00 Å². The molecule has 3 aromatic rings. The minimum atomic E-state index is -0.626. The Hall–Kier alpha value is -3.18. The molecule has 1 aliphatic carbocycles. The Kier molecular flexibility index (Phi) is 5.54. The molecular weight excluding hydrogens is 414 g/mol. The summed E-state index contributed by atoms with van der Waals surface area (Å²) in [4.78, 5) is 29.8. The Morgan fingerprint density at radius 1 is 1.39 bits per heavy atom. The van der Waals surface area contributed by atoms with Gasteiger partial charge in [-0.05, 0) is 54.4 Å². The van der Waals surface area contributed by atoms with E-state index in [1.165, 1.54) is 17.7 Å². The predicted molar refractivity (Wildman–Crippen MR) is 117 cm³/mol. The van der Waals surface area contributed by atoms with Gasteiger partial charge >= 0.3 is 5.97 Å². The van der Waals surface area contributed by atoms with E-state index < -0.39 is 18.5 Å². The van der Waals surface area contributed by atoms with Crippen LogP contribution in [0.1, 0.15) is 53.6 Å². The molecule has 8 heteroatoms. The smallest absolute Gasteiger partial charge is 0.338 e. The first-order valence-corrected chi connectivity index (χ1v) is 10.9. The third-order valence-corrected chi connectivity index (χ3v) is 6.93. The lowest BCUT2D eigenvalue weighted by molar-refractivity contribution is -0.119. The van der Waals surface area contributed by atoms with Crippen molar-refractivity contribution in [1.82, 2.24) is 4.98 Å². The lowest BCUT2D eigenvalue weighted by Gasteiger charge is -2.33. The Labute approximate surface area is 184 Å². The molecule has 0 saturated heterocycles. The van der Waals surface area contributed by atoms with Gasteiger partial charge in [-0.3, -0.25) is 4.79 Å². The highest BCUT2D eigenvalue weighted by molar-refractivity contribution is 7.16. The number of carbonyl (C=O) groups excluding carboxylic acids is 2. The lowest BCUT2D eigenvalue weighted by Crippen LogP contribution is -2.26. The first-order chi connectivity index (χ1) is 14.8. The molecule has 0 spiro atoms. The fourth-order valence-electron chi connectivity index (χ4n) is 3.89. The maximum Gasteiger partial charge on any atom is 0.338 e. The van der Waals surface area contributed by atoms with Crippen LogP contribution in [-0.4, -0.2) is 23.5 Å². The Morgan fingerprint density at radius 2 is 2.19 bits per heavy atom. The van der Waals surface area contributed by atoms with E-state index in [0.29, 0.717) is 27.6 Å². The van der Waals surface area contributed by atoms with E-state index in [1.54, 1.807) is 18.2 Å². The number of thiophene rings is 1. The van der Waals surface area contributed by atoms with Crippen LogP contribution in [-0.2, 0) is 22.4 Å². The van der Waals surface area contributed by atoms with Crippen LogP contribution >= 0.6 is 11.3 Å². The van der Waals surface area contributed by atoms with Crippen molar-refractivity contribution >= 4 is 39.3 Å². The largest absolute Gasteiger partial charge is 0.452 e. The van der Waals surface area contributed by atoms with Crippen LogP contribution in [0, 0.1) is 22.7 Å². The molecule has 0 bridgehead atoms. The maximum atomic E-state index is 12.4. The van der Waals surface area contributed by atoms with Gasteiger partial charge in [0.1, 0.15) is 16.6 Å². The van der Waals surface area contributed by atoms with Gasteiger partial charge in [0.25, 0.3) is 5.91 Å². The fourth-order valence-corrected chi connectivity index (χ4v) is 5.19. The van der Waals surface area contributed by atoms with Crippen molar-refractivity contribution < 1.29 is 18.7 Å². The zero-order valence-corrected chi connectivity index (χ0v) is 18.5. The van der Waals surface area contributed by atoms with E-state index in [4.69, 9.17) is 9.15 Å². The molecule has 4 rings (SSSR count). The van der Waals surface area contributed by atoms with Gasteiger partial charge in [0, 0.05) is 4.88 Å². The molecule has 1 aromatic carbocycles. The second-order valence-electron chi connectivity index (χ2n) is 8.78. The number of carbonyl (C=O) groups is 2. The van der Waals surface area contributed by atoms with E-state index in [0.717, 1.165) is 29.7 Å². The number of amides is 1. The number of nitriles is 1. The summed E-state index contributed by atoms with van der Waals surface area (Å²) in [5.74, 6) is -0.561. The summed E-state index contributed by atoms with van der Waals surface area (Å²) in [6.45, 7) is 6.27. The molecule has 7 nitrogen and oxygen atoms in total. The lowest BCUT2D eigenvalue weighted by atomic mass is 9.72. The Balaban J connectivity index is 1.41. The van der Waals surface area contributed by atoms with Crippen LogP contribution in [0.15, 0.2) is 29.0 Å². The topological polar surface area (TPSA) is 105 Å². The number of esters is 1. The summed E-state index contributed by atoms with van der Waals surface area (Å²) >= 11 is 1.45. The molecule has 2 aromatic heterocycles. The maximum absolute atomic E-state index is 12.4. The predicted octanol–water partition coefficient (Wildman–Crippen LogP) is 4.71. The van der Waals surface area contributed by atoms with Crippen LogP contribution in [0.25, 0.3) is 11.1 Å². The molecule has 0 radical (unpaired) electrons.